The molecule has 1 aliphatic carbocycles. The van der Waals surface area contributed by atoms with Gasteiger partial charge in [-0.2, -0.15) is 5.10 Å². The molecular weight excluding hydrogens is 340 g/mol. The average Bonchev–Trinajstić information content (AvgIpc) is 3.03. The van der Waals surface area contributed by atoms with E-state index in [1.807, 2.05) is 0 Å². The molecule has 1 fully saturated rings. The molecule has 2 heterocycles. The van der Waals surface area contributed by atoms with Crippen LogP contribution in [0.4, 0.5) is 0 Å². The highest BCUT2D eigenvalue weighted by Gasteiger charge is 2.24. The van der Waals surface area contributed by atoms with Gasteiger partial charge in [0.1, 0.15) is 5.15 Å². The van der Waals surface area contributed by atoms with Gasteiger partial charge in [-0.3, -0.25) is 4.79 Å². The Bertz CT molecular complexity index is 710. The second-order valence-electron chi connectivity index (χ2n) is 6.59. The first-order chi connectivity index (χ1) is 12.2. The highest BCUT2D eigenvalue weighted by Crippen LogP contribution is 2.22. The smallest absolute Gasteiger partial charge is 0.271 e. The zero-order chi connectivity index (χ0) is 17.6. The number of halogens is 1. The van der Waals surface area contributed by atoms with Gasteiger partial charge >= 0.3 is 0 Å². The lowest BCUT2D eigenvalue weighted by Gasteiger charge is -2.29. The van der Waals surface area contributed by atoms with Gasteiger partial charge in [0.25, 0.3) is 5.91 Å². The summed E-state index contributed by atoms with van der Waals surface area (Å²) < 4.78 is 7.42. The number of carbonyl (C=O) groups is 1. The topological polar surface area (TPSA) is 68.5 Å². The number of hydrogen-bond acceptors (Lipinski definition) is 4. The van der Waals surface area contributed by atoms with E-state index >= 15 is 0 Å². The predicted octanol–water partition coefficient (Wildman–Crippen LogP) is 3.63. The Morgan fingerprint density at radius 3 is 2.88 bits per heavy atom. The fourth-order valence-electron chi connectivity index (χ4n) is 3.24. The summed E-state index contributed by atoms with van der Waals surface area (Å²) in [6.45, 7) is 3.05. The Kier molecular flexibility index (Phi) is 6.26. The van der Waals surface area contributed by atoms with Crippen LogP contribution in [0.3, 0.4) is 0 Å². The Hall–Kier alpha value is -1.66. The highest BCUT2D eigenvalue weighted by atomic mass is 35.5. The average molecular weight is 365 g/mol. The normalized spacial score (nSPS) is 20.7. The minimum absolute atomic E-state index is 0.158. The number of nitrogens with zero attached hydrogens (tertiary/aromatic N) is 3. The summed E-state index contributed by atoms with van der Waals surface area (Å²) in [5.74, 6) is -0.158. The minimum Gasteiger partial charge on any atom is -0.378 e. The van der Waals surface area contributed by atoms with E-state index in [0.29, 0.717) is 22.6 Å². The summed E-state index contributed by atoms with van der Waals surface area (Å²) in [4.78, 5) is 16.7. The lowest BCUT2D eigenvalue weighted by atomic mass is 9.93. The molecule has 25 heavy (non-hydrogen) atoms. The van der Waals surface area contributed by atoms with Crippen LogP contribution >= 0.6 is 11.6 Å². The molecule has 0 aromatic carbocycles. The van der Waals surface area contributed by atoms with Crippen LogP contribution in [0, 0.1) is 0 Å². The summed E-state index contributed by atoms with van der Waals surface area (Å²) in [5.41, 5.74) is 1.02. The van der Waals surface area contributed by atoms with Crippen LogP contribution in [0.5, 0.6) is 0 Å². The minimum atomic E-state index is -0.158. The number of nitrogens with one attached hydrogen (secondary N) is 1. The third-order valence-electron chi connectivity index (χ3n) is 4.67. The molecule has 2 aromatic heterocycles. The van der Waals surface area contributed by atoms with Gasteiger partial charge in [-0.25, -0.2) is 9.50 Å². The van der Waals surface area contributed by atoms with E-state index in [1.54, 1.807) is 12.1 Å². The van der Waals surface area contributed by atoms with Crippen molar-refractivity contribution in [2.45, 2.75) is 64.0 Å². The zero-order valence-corrected chi connectivity index (χ0v) is 15.3. The van der Waals surface area contributed by atoms with Crippen molar-refractivity contribution in [3.63, 3.8) is 0 Å². The Morgan fingerprint density at radius 2 is 2.12 bits per heavy atom. The van der Waals surface area contributed by atoms with Gasteiger partial charge in [0.15, 0.2) is 11.3 Å². The van der Waals surface area contributed by atoms with Crippen LogP contribution in [-0.4, -0.2) is 39.3 Å². The van der Waals surface area contributed by atoms with E-state index in [2.05, 4.69) is 22.3 Å². The van der Waals surface area contributed by atoms with Crippen molar-refractivity contribution in [3.05, 3.63) is 29.2 Å². The zero-order valence-electron chi connectivity index (χ0n) is 14.6. The van der Waals surface area contributed by atoms with E-state index in [4.69, 9.17) is 16.3 Å². The van der Waals surface area contributed by atoms with Gasteiger partial charge in [-0.15, -0.1) is 0 Å². The third-order valence-corrected chi connectivity index (χ3v) is 4.87. The van der Waals surface area contributed by atoms with Crippen molar-refractivity contribution in [2.75, 3.05) is 6.61 Å². The lowest BCUT2D eigenvalue weighted by molar-refractivity contribution is 0.0204. The van der Waals surface area contributed by atoms with Gasteiger partial charge < -0.3 is 10.1 Å². The van der Waals surface area contributed by atoms with Crippen molar-refractivity contribution in [1.82, 2.24) is 19.9 Å². The number of imidazole rings is 1. The maximum Gasteiger partial charge on any atom is 0.271 e. The third kappa shape index (κ3) is 4.70. The van der Waals surface area contributed by atoms with Crippen molar-refractivity contribution >= 4 is 23.2 Å². The number of hydrogen-bond donors (Lipinski definition) is 1. The molecule has 0 spiro atoms. The first kappa shape index (κ1) is 18.1. The maximum absolute atomic E-state index is 12.5. The van der Waals surface area contributed by atoms with Crippen LogP contribution in [0.1, 0.15) is 62.4 Å². The van der Waals surface area contributed by atoms with E-state index in [0.717, 1.165) is 38.7 Å². The van der Waals surface area contributed by atoms with Gasteiger partial charge in [0.05, 0.1) is 12.3 Å². The molecule has 7 heteroatoms. The number of unbranched alkanes of at least 4 members (excludes halogenated alkanes) is 2. The van der Waals surface area contributed by atoms with E-state index < -0.39 is 0 Å². The van der Waals surface area contributed by atoms with Gasteiger partial charge in [-0.05, 0) is 44.2 Å². The summed E-state index contributed by atoms with van der Waals surface area (Å²) in [7, 11) is 0. The lowest BCUT2D eigenvalue weighted by Crippen LogP contribution is -2.39. The SMILES string of the molecule is CCCCCOC1CCC(NC(=O)c2cnc3ccc(Cl)nn23)CC1. The van der Waals surface area contributed by atoms with Crippen molar-refractivity contribution in [2.24, 2.45) is 0 Å². The quantitative estimate of drug-likeness (QED) is 0.762. The molecule has 2 aromatic rings. The number of fused-ring (bicyclic) bond motifs is 1. The van der Waals surface area contributed by atoms with Crippen molar-refractivity contribution in [3.8, 4) is 0 Å². The fourth-order valence-corrected chi connectivity index (χ4v) is 3.38. The van der Waals surface area contributed by atoms with Crippen LogP contribution in [-0.2, 0) is 4.74 Å². The molecule has 1 N–H and O–H groups in total. The molecule has 0 aliphatic heterocycles. The molecule has 0 atom stereocenters. The Labute approximate surface area is 152 Å². The predicted molar refractivity (Wildman–Crippen MR) is 97.0 cm³/mol. The summed E-state index contributed by atoms with van der Waals surface area (Å²) in [6.07, 6.45) is 9.32. The summed E-state index contributed by atoms with van der Waals surface area (Å²) >= 11 is 5.92. The molecule has 3 rings (SSSR count). The first-order valence-corrected chi connectivity index (χ1v) is 9.48. The largest absolute Gasteiger partial charge is 0.378 e. The summed E-state index contributed by atoms with van der Waals surface area (Å²) in [6, 6.07) is 3.58. The molecular formula is C18H25ClN4O2. The molecule has 1 amide bonds. The Morgan fingerprint density at radius 1 is 1.32 bits per heavy atom. The highest BCUT2D eigenvalue weighted by molar-refractivity contribution is 6.29. The van der Waals surface area contributed by atoms with Crippen LogP contribution in [0.25, 0.3) is 5.65 Å². The molecule has 136 valence electrons. The molecule has 0 radical (unpaired) electrons. The Balaban J connectivity index is 1.50. The molecule has 0 bridgehead atoms. The van der Waals surface area contributed by atoms with Crippen LogP contribution < -0.4 is 5.32 Å². The second-order valence-corrected chi connectivity index (χ2v) is 6.98. The number of aromatic nitrogens is 3. The van der Waals surface area contributed by atoms with Crippen molar-refractivity contribution < 1.29 is 9.53 Å². The summed E-state index contributed by atoms with van der Waals surface area (Å²) in [5, 5.41) is 7.57. The maximum atomic E-state index is 12.5. The van der Waals surface area contributed by atoms with Gasteiger partial charge in [0.2, 0.25) is 0 Å². The number of carbonyl (C=O) groups excluding carboxylic acids is 1. The van der Waals surface area contributed by atoms with E-state index in [9.17, 15) is 4.79 Å². The molecule has 1 aliphatic rings. The van der Waals surface area contributed by atoms with E-state index in [-0.39, 0.29) is 11.9 Å². The standard InChI is InChI=1S/C18H25ClN4O2/c1-2-3-4-11-25-14-7-5-13(6-8-14)21-18(24)15-12-20-17-10-9-16(19)22-23(15)17/h9-10,12-14H,2-8,11H2,1H3,(H,21,24). The molecule has 0 unspecified atom stereocenters. The molecule has 1 saturated carbocycles. The van der Waals surface area contributed by atoms with Crippen LogP contribution in [0.15, 0.2) is 18.3 Å². The van der Waals surface area contributed by atoms with E-state index in [1.165, 1.54) is 23.6 Å². The number of rotatable bonds is 7. The van der Waals surface area contributed by atoms with Crippen LogP contribution in [0.2, 0.25) is 5.15 Å². The second kappa shape index (κ2) is 8.63. The van der Waals surface area contributed by atoms with Gasteiger partial charge in [-0.1, -0.05) is 31.4 Å². The number of ether oxygens (including phenoxy) is 1. The fraction of sp³-hybridized carbons (Fsp3) is 0.611. The van der Waals surface area contributed by atoms with Crippen molar-refractivity contribution in [1.29, 1.82) is 0 Å². The number of amides is 1. The first-order valence-electron chi connectivity index (χ1n) is 9.10. The molecule has 0 saturated heterocycles. The molecule has 6 nitrogen and oxygen atoms in total. The monoisotopic (exact) mass is 364 g/mol. The van der Waals surface area contributed by atoms with Gasteiger partial charge in [0, 0.05) is 12.6 Å².